The molecule has 2 heterocycles. The smallest absolute Gasteiger partial charge is 0.261 e. The highest BCUT2D eigenvalue weighted by atomic mass is 35.5. The topological polar surface area (TPSA) is 59.0 Å². The summed E-state index contributed by atoms with van der Waals surface area (Å²) in [5.41, 5.74) is 3.51. The molecule has 2 aliphatic rings. The van der Waals surface area contributed by atoms with Crippen molar-refractivity contribution in [2.45, 2.75) is 25.5 Å². The van der Waals surface area contributed by atoms with Gasteiger partial charge in [-0.05, 0) is 54.4 Å². The zero-order valence-electron chi connectivity index (χ0n) is 17.1. The number of rotatable bonds is 4. The zero-order valence-corrected chi connectivity index (χ0v) is 18.7. The van der Waals surface area contributed by atoms with E-state index in [4.69, 9.17) is 28.0 Å². The molecule has 7 heteroatoms. The van der Waals surface area contributed by atoms with Gasteiger partial charge >= 0.3 is 0 Å². The van der Waals surface area contributed by atoms with Crippen molar-refractivity contribution in [1.29, 1.82) is 0 Å². The maximum absolute atomic E-state index is 12.7. The molecule has 0 aliphatic carbocycles. The molecule has 32 heavy (non-hydrogen) atoms. The summed E-state index contributed by atoms with van der Waals surface area (Å²) in [6.45, 7) is 2.13. The molecule has 0 bridgehead atoms. The number of hydrogen-bond donors (Lipinski definition) is 0. The fourth-order valence-electron chi connectivity index (χ4n) is 4.12. The second-order valence-electron chi connectivity index (χ2n) is 8.14. The minimum Gasteiger partial charge on any atom is -0.384 e. The van der Waals surface area contributed by atoms with Crippen LogP contribution in [0.2, 0.25) is 10.0 Å². The summed E-state index contributed by atoms with van der Waals surface area (Å²) in [5.74, 6) is -0.550. The molecule has 0 aromatic heterocycles. The Bertz CT molecular complexity index is 1250. The van der Waals surface area contributed by atoms with Gasteiger partial charge in [-0.2, -0.15) is 0 Å². The van der Waals surface area contributed by atoms with Crippen molar-refractivity contribution in [1.82, 2.24) is 4.90 Å². The summed E-state index contributed by atoms with van der Waals surface area (Å²) < 4.78 is 0. The van der Waals surface area contributed by atoms with Crippen LogP contribution in [0.25, 0.3) is 0 Å². The van der Waals surface area contributed by atoms with Gasteiger partial charge in [0.2, 0.25) is 0 Å². The molecule has 3 aromatic rings. The van der Waals surface area contributed by atoms with Crippen LogP contribution in [0.15, 0.2) is 71.9 Å². The standard InChI is InChI=1S/C25H18Cl2N2O3/c1-25(17-10-18(26)12-19(27)11-17)13-22(28-32-25)16-6-4-5-15(9-16)14-29-23(30)20-7-2-3-8-21(20)24(29)31/h2-12H,13-14H2,1H3. The molecule has 160 valence electrons. The van der Waals surface area contributed by atoms with E-state index in [2.05, 4.69) is 5.16 Å². The lowest BCUT2D eigenvalue weighted by Crippen LogP contribution is -2.29. The number of carbonyl (C=O) groups excluding carboxylic acids is 2. The molecule has 1 atom stereocenters. The third-order valence-corrected chi connectivity index (χ3v) is 6.25. The number of nitrogens with zero attached hydrogens (tertiary/aromatic N) is 2. The normalized spacial score (nSPS) is 19.7. The van der Waals surface area contributed by atoms with E-state index in [1.165, 1.54) is 4.90 Å². The molecule has 1 unspecified atom stereocenters. The van der Waals surface area contributed by atoms with E-state index >= 15 is 0 Å². The summed E-state index contributed by atoms with van der Waals surface area (Å²) in [5, 5.41) is 5.38. The zero-order chi connectivity index (χ0) is 22.5. The molecule has 0 saturated carbocycles. The summed E-state index contributed by atoms with van der Waals surface area (Å²) >= 11 is 12.3. The molecular weight excluding hydrogens is 447 g/mol. The highest BCUT2D eigenvalue weighted by Crippen LogP contribution is 2.38. The van der Waals surface area contributed by atoms with E-state index in [9.17, 15) is 9.59 Å². The molecule has 3 aromatic carbocycles. The molecule has 2 aliphatic heterocycles. The lowest BCUT2D eigenvalue weighted by atomic mass is 9.89. The fourth-order valence-corrected chi connectivity index (χ4v) is 4.65. The van der Waals surface area contributed by atoms with Gasteiger partial charge in [0.25, 0.3) is 11.8 Å². The maximum Gasteiger partial charge on any atom is 0.261 e. The minimum absolute atomic E-state index is 0.190. The van der Waals surface area contributed by atoms with Gasteiger partial charge in [0.15, 0.2) is 5.60 Å². The van der Waals surface area contributed by atoms with Crippen molar-refractivity contribution in [2.24, 2.45) is 5.16 Å². The first-order valence-electron chi connectivity index (χ1n) is 10.1. The van der Waals surface area contributed by atoms with Crippen LogP contribution >= 0.6 is 23.2 Å². The first-order valence-corrected chi connectivity index (χ1v) is 10.9. The Kier molecular flexibility index (Phi) is 5.03. The molecule has 0 radical (unpaired) electrons. The molecule has 5 rings (SSSR count). The van der Waals surface area contributed by atoms with Crippen LogP contribution in [0, 0.1) is 0 Å². The van der Waals surface area contributed by atoms with E-state index < -0.39 is 5.60 Å². The first kappa shape index (κ1) is 20.7. The van der Waals surface area contributed by atoms with E-state index in [0.717, 1.165) is 22.4 Å². The van der Waals surface area contributed by atoms with Crippen molar-refractivity contribution in [3.8, 4) is 0 Å². The highest BCUT2D eigenvalue weighted by molar-refractivity contribution is 6.34. The molecule has 0 spiro atoms. The van der Waals surface area contributed by atoms with Crippen LogP contribution in [0.1, 0.15) is 50.8 Å². The molecule has 0 fully saturated rings. The van der Waals surface area contributed by atoms with Crippen LogP contribution in [0.3, 0.4) is 0 Å². The Morgan fingerprint density at radius 3 is 2.25 bits per heavy atom. The largest absolute Gasteiger partial charge is 0.384 e. The average molecular weight is 465 g/mol. The molecule has 2 amide bonds. The number of halogens is 2. The van der Waals surface area contributed by atoms with Crippen LogP contribution in [0.4, 0.5) is 0 Å². The third-order valence-electron chi connectivity index (χ3n) is 5.81. The minimum atomic E-state index is -0.692. The van der Waals surface area contributed by atoms with E-state index in [0.29, 0.717) is 27.6 Å². The number of amides is 2. The van der Waals surface area contributed by atoms with Crippen molar-refractivity contribution >= 4 is 40.7 Å². The quantitative estimate of drug-likeness (QED) is 0.456. The Hall–Kier alpha value is -3.15. The van der Waals surface area contributed by atoms with Gasteiger partial charge in [0, 0.05) is 22.0 Å². The van der Waals surface area contributed by atoms with Crippen molar-refractivity contribution < 1.29 is 14.4 Å². The van der Waals surface area contributed by atoms with Gasteiger partial charge < -0.3 is 4.84 Å². The lowest BCUT2D eigenvalue weighted by Gasteiger charge is -2.22. The maximum atomic E-state index is 12.7. The Morgan fingerprint density at radius 1 is 0.938 bits per heavy atom. The Balaban J connectivity index is 1.36. The second-order valence-corrected chi connectivity index (χ2v) is 9.01. The number of benzene rings is 3. The SMILES string of the molecule is CC1(c2cc(Cl)cc(Cl)c2)CC(c2cccc(CN3C(=O)c4ccccc4C3=O)c2)=NO1. The number of imide groups is 1. The predicted octanol–water partition coefficient (Wildman–Crippen LogP) is 5.83. The summed E-state index contributed by atoms with van der Waals surface area (Å²) in [4.78, 5) is 32.5. The van der Waals surface area contributed by atoms with Gasteiger partial charge in [0.05, 0.1) is 23.4 Å². The number of carbonyl (C=O) groups is 2. The van der Waals surface area contributed by atoms with Crippen molar-refractivity contribution in [3.63, 3.8) is 0 Å². The van der Waals surface area contributed by atoms with E-state index in [-0.39, 0.29) is 18.4 Å². The van der Waals surface area contributed by atoms with Gasteiger partial charge in [-0.3, -0.25) is 14.5 Å². The molecule has 0 saturated heterocycles. The van der Waals surface area contributed by atoms with Gasteiger partial charge in [-0.1, -0.05) is 58.7 Å². The third kappa shape index (κ3) is 3.57. The van der Waals surface area contributed by atoms with E-state index in [1.807, 2.05) is 43.3 Å². The van der Waals surface area contributed by atoms with E-state index in [1.54, 1.807) is 30.3 Å². The predicted molar refractivity (Wildman–Crippen MR) is 123 cm³/mol. The highest BCUT2D eigenvalue weighted by Gasteiger charge is 2.38. The number of hydrogen-bond acceptors (Lipinski definition) is 4. The fraction of sp³-hybridized carbons (Fsp3) is 0.160. The lowest BCUT2D eigenvalue weighted by molar-refractivity contribution is -0.00738. The Labute approximate surface area is 195 Å². The number of fused-ring (bicyclic) bond motifs is 1. The monoisotopic (exact) mass is 464 g/mol. The van der Waals surface area contributed by atoms with Crippen molar-refractivity contribution in [2.75, 3.05) is 0 Å². The second kappa shape index (κ2) is 7.76. The van der Waals surface area contributed by atoms with Crippen molar-refractivity contribution in [3.05, 3.63) is 105 Å². The van der Waals surface area contributed by atoms with Gasteiger partial charge in [-0.15, -0.1) is 0 Å². The van der Waals surface area contributed by atoms with Gasteiger partial charge in [0.1, 0.15) is 0 Å². The van der Waals surface area contributed by atoms with Gasteiger partial charge in [-0.25, -0.2) is 0 Å². The van der Waals surface area contributed by atoms with Crippen LogP contribution in [-0.4, -0.2) is 22.4 Å². The Morgan fingerprint density at radius 2 is 1.59 bits per heavy atom. The van der Waals surface area contributed by atoms with Crippen LogP contribution < -0.4 is 0 Å². The summed E-state index contributed by atoms with van der Waals surface area (Å²) in [6, 6.07) is 19.8. The molecular formula is C25H18Cl2N2O3. The average Bonchev–Trinajstić information content (AvgIpc) is 3.29. The summed E-state index contributed by atoms with van der Waals surface area (Å²) in [6.07, 6.45) is 0.528. The molecule has 5 nitrogen and oxygen atoms in total. The summed E-state index contributed by atoms with van der Waals surface area (Å²) in [7, 11) is 0. The van der Waals surface area contributed by atoms with Crippen LogP contribution in [0.5, 0.6) is 0 Å². The molecule has 0 N–H and O–H groups in total. The van der Waals surface area contributed by atoms with Crippen LogP contribution in [-0.2, 0) is 17.0 Å². The first-order chi connectivity index (χ1) is 15.3. The number of oxime groups is 1.